The molecule has 126 valence electrons. The summed E-state index contributed by atoms with van der Waals surface area (Å²) in [4.78, 5) is 15.7. The number of aliphatic imine (C=N–C) groups is 1. The van der Waals surface area contributed by atoms with E-state index in [2.05, 4.69) is 20.9 Å². The number of hydrogen-bond donors (Lipinski definition) is 1. The van der Waals surface area contributed by atoms with E-state index in [0.717, 1.165) is 21.3 Å². The maximum atomic E-state index is 11.6. The van der Waals surface area contributed by atoms with Gasteiger partial charge < -0.3 is 5.11 Å². The number of aromatic hydroxyl groups is 1. The molecular formula is C18H14BrN3O2S. The summed E-state index contributed by atoms with van der Waals surface area (Å²) in [5.74, 6) is 1.33. The van der Waals surface area contributed by atoms with Gasteiger partial charge in [0.15, 0.2) is 0 Å². The van der Waals surface area contributed by atoms with Gasteiger partial charge in [-0.25, -0.2) is 5.01 Å². The Bertz CT molecular complexity index is 898. The molecule has 5 nitrogen and oxygen atoms in total. The van der Waals surface area contributed by atoms with Crippen molar-refractivity contribution < 1.29 is 9.90 Å². The lowest BCUT2D eigenvalue weighted by atomic mass is 9.98. The predicted molar refractivity (Wildman–Crippen MR) is 103 cm³/mol. The lowest BCUT2D eigenvalue weighted by Crippen LogP contribution is -2.27. The van der Waals surface area contributed by atoms with Crippen molar-refractivity contribution in [3.8, 4) is 5.75 Å². The van der Waals surface area contributed by atoms with Crippen LogP contribution in [-0.2, 0) is 0 Å². The molecule has 4 rings (SSSR count). The zero-order valence-electron chi connectivity index (χ0n) is 13.1. The number of amides is 1. The Hall–Kier alpha value is -2.12. The fourth-order valence-corrected chi connectivity index (χ4v) is 4.00. The van der Waals surface area contributed by atoms with Crippen LogP contribution in [0.15, 0.2) is 63.1 Å². The molecule has 0 unspecified atom stereocenters. The van der Waals surface area contributed by atoms with Crippen molar-refractivity contribution in [1.29, 1.82) is 0 Å². The Labute approximate surface area is 157 Å². The number of phenols is 1. The van der Waals surface area contributed by atoms with Gasteiger partial charge in [0.05, 0.1) is 17.5 Å². The van der Waals surface area contributed by atoms with Crippen molar-refractivity contribution in [3.05, 3.63) is 64.1 Å². The minimum absolute atomic E-state index is 0.196. The summed E-state index contributed by atoms with van der Waals surface area (Å²) in [5, 5.41) is 16.7. The molecular weight excluding hydrogens is 402 g/mol. The maximum absolute atomic E-state index is 11.6. The Morgan fingerprint density at radius 2 is 2.00 bits per heavy atom. The number of halogens is 1. The van der Waals surface area contributed by atoms with E-state index in [0.29, 0.717) is 18.0 Å². The van der Waals surface area contributed by atoms with Gasteiger partial charge in [0.25, 0.3) is 0 Å². The second-order valence-corrected chi connectivity index (χ2v) is 7.61. The molecule has 0 aliphatic carbocycles. The van der Waals surface area contributed by atoms with Crippen molar-refractivity contribution in [2.24, 2.45) is 10.1 Å². The van der Waals surface area contributed by atoms with Crippen molar-refractivity contribution >= 4 is 44.5 Å². The second kappa shape index (κ2) is 6.65. The van der Waals surface area contributed by atoms with E-state index >= 15 is 0 Å². The molecule has 0 saturated heterocycles. The molecule has 2 heterocycles. The SMILES string of the molecule is O=C1N=C(N2N=C(c3ccccc3)C[C@@H]2c2cc(Br)ccc2O)CS1. The number of thioether (sulfide) groups is 1. The second-order valence-electron chi connectivity index (χ2n) is 5.76. The van der Waals surface area contributed by atoms with Crippen molar-refractivity contribution in [2.45, 2.75) is 12.5 Å². The molecule has 1 N–H and O–H groups in total. The minimum Gasteiger partial charge on any atom is -0.508 e. The highest BCUT2D eigenvalue weighted by Gasteiger charge is 2.35. The summed E-state index contributed by atoms with van der Waals surface area (Å²) in [6.45, 7) is 0. The summed E-state index contributed by atoms with van der Waals surface area (Å²) in [7, 11) is 0. The Kier molecular flexibility index (Phi) is 4.35. The fraction of sp³-hybridized carbons (Fsp3) is 0.167. The van der Waals surface area contributed by atoms with E-state index in [1.165, 1.54) is 11.8 Å². The molecule has 2 aromatic rings. The first kappa shape index (κ1) is 16.4. The van der Waals surface area contributed by atoms with Gasteiger partial charge in [-0.2, -0.15) is 10.1 Å². The van der Waals surface area contributed by atoms with Gasteiger partial charge in [-0.05, 0) is 23.8 Å². The smallest absolute Gasteiger partial charge is 0.307 e. The lowest BCUT2D eigenvalue weighted by Gasteiger charge is -2.23. The Morgan fingerprint density at radius 1 is 1.20 bits per heavy atom. The van der Waals surface area contributed by atoms with Crippen LogP contribution in [0.1, 0.15) is 23.6 Å². The lowest BCUT2D eigenvalue weighted by molar-refractivity contribution is 0.267. The van der Waals surface area contributed by atoms with Crippen LogP contribution in [0.25, 0.3) is 0 Å². The summed E-state index contributed by atoms with van der Waals surface area (Å²) in [5.41, 5.74) is 2.70. The highest BCUT2D eigenvalue weighted by Crippen LogP contribution is 2.39. The topological polar surface area (TPSA) is 65.3 Å². The third kappa shape index (κ3) is 3.21. The average molecular weight is 416 g/mol. The first-order valence-corrected chi connectivity index (χ1v) is 9.54. The summed E-state index contributed by atoms with van der Waals surface area (Å²) in [6.07, 6.45) is 0.631. The third-order valence-corrected chi connectivity index (χ3v) is 5.41. The summed E-state index contributed by atoms with van der Waals surface area (Å²) < 4.78 is 0.882. The number of hydrazone groups is 1. The van der Waals surface area contributed by atoms with E-state index in [9.17, 15) is 9.90 Å². The number of rotatable bonds is 2. The van der Waals surface area contributed by atoms with Crippen LogP contribution >= 0.6 is 27.7 Å². The summed E-state index contributed by atoms with van der Waals surface area (Å²) in [6, 6.07) is 15.1. The molecule has 1 atom stereocenters. The number of benzene rings is 2. The Morgan fingerprint density at radius 3 is 2.72 bits per heavy atom. The van der Waals surface area contributed by atoms with E-state index in [-0.39, 0.29) is 17.0 Å². The van der Waals surface area contributed by atoms with Crippen molar-refractivity contribution in [2.75, 3.05) is 5.75 Å². The molecule has 0 fully saturated rings. The monoisotopic (exact) mass is 415 g/mol. The third-order valence-electron chi connectivity index (χ3n) is 4.18. The van der Waals surface area contributed by atoms with Crippen molar-refractivity contribution in [1.82, 2.24) is 5.01 Å². The molecule has 2 aliphatic heterocycles. The quantitative estimate of drug-likeness (QED) is 0.779. The van der Waals surface area contributed by atoms with Crippen molar-refractivity contribution in [3.63, 3.8) is 0 Å². The molecule has 1 amide bonds. The van der Waals surface area contributed by atoms with Gasteiger partial charge in [0.2, 0.25) is 0 Å². The van der Waals surface area contributed by atoms with E-state index in [4.69, 9.17) is 5.10 Å². The fourth-order valence-electron chi connectivity index (χ4n) is 3.00. The van der Waals surface area contributed by atoms with Crippen LogP contribution in [0.2, 0.25) is 0 Å². The molecule has 0 bridgehead atoms. The van der Waals surface area contributed by atoms with Gasteiger partial charge >= 0.3 is 5.24 Å². The number of hydrogen-bond acceptors (Lipinski definition) is 5. The van der Waals surface area contributed by atoms with Crippen LogP contribution < -0.4 is 0 Å². The Balaban J connectivity index is 1.76. The molecule has 0 aromatic heterocycles. The van der Waals surface area contributed by atoms with Gasteiger partial charge in [0, 0.05) is 16.5 Å². The molecule has 0 saturated carbocycles. The molecule has 2 aliphatic rings. The molecule has 2 aromatic carbocycles. The first-order valence-electron chi connectivity index (χ1n) is 7.76. The number of carbonyl (C=O) groups excluding carboxylic acids is 1. The van der Waals surface area contributed by atoms with Gasteiger partial charge in [0.1, 0.15) is 11.6 Å². The number of amidine groups is 1. The predicted octanol–water partition coefficient (Wildman–Crippen LogP) is 4.57. The standard InChI is InChI=1S/C18H14BrN3O2S/c19-12-6-7-16(23)13(8-12)15-9-14(11-4-2-1-3-5-11)21-22(15)17-10-25-18(24)20-17/h1-8,15,23H,9-10H2/t15-/m1/s1. The molecule has 25 heavy (non-hydrogen) atoms. The highest BCUT2D eigenvalue weighted by molar-refractivity contribution is 9.10. The van der Waals surface area contributed by atoms with Gasteiger partial charge in [-0.15, -0.1) is 0 Å². The van der Waals surface area contributed by atoms with E-state index < -0.39 is 0 Å². The van der Waals surface area contributed by atoms with Gasteiger partial charge in [-0.3, -0.25) is 4.79 Å². The van der Waals surface area contributed by atoms with Crippen LogP contribution in [0.5, 0.6) is 5.75 Å². The molecule has 0 spiro atoms. The zero-order chi connectivity index (χ0) is 17.4. The minimum atomic E-state index is -0.199. The molecule has 0 radical (unpaired) electrons. The average Bonchev–Trinajstić information content (AvgIpc) is 3.24. The van der Waals surface area contributed by atoms with Crippen LogP contribution in [0, 0.1) is 0 Å². The van der Waals surface area contributed by atoms with Crippen LogP contribution in [0.4, 0.5) is 4.79 Å². The zero-order valence-corrected chi connectivity index (χ0v) is 15.5. The first-order chi connectivity index (χ1) is 12.1. The van der Waals surface area contributed by atoms with E-state index in [1.54, 1.807) is 17.1 Å². The number of carbonyl (C=O) groups is 1. The maximum Gasteiger partial charge on any atom is 0.307 e. The normalized spacial score (nSPS) is 20.0. The van der Waals surface area contributed by atoms with E-state index in [1.807, 2.05) is 36.4 Å². The highest BCUT2D eigenvalue weighted by atomic mass is 79.9. The number of nitrogens with zero attached hydrogens (tertiary/aromatic N) is 3. The van der Waals surface area contributed by atoms with Crippen LogP contribution in [0.3, 0.4) is 0 Å². The van der Waals surface area contributed by atoms with Crippen LogP contribution in [-0.4, -0.2) is 32.7 Å². The summed E-state index contributed by atoms with van der Waals surface area (Å²) >= 11 is 4.63. The largest absolute Gasteiger partial charge is 0.508 e. The van der Waals surface area contributed by atoms with Gasteiger partial charge in [-0.1, -0.05) is 58.0 Å². The number of phenolic OH excluding ortho intramolecular Hbond substituents is 1. The molecule has 7 heteroatoms.